The minimum atomic E-state index is -1.10. The molecule has 0 saturated carbocycles. The van der Waals surface area contributed by atoms with Gasteiger partial charge in [-0.2, -0.15) is 4.98 Å². The second kappa shape index (κ2) is 4.22. The highest BCUT2D eigenvalue weighted by Crippen LogP contribution is 2.27. The summed E-state index contributed by atoms with van der Waals surface area (Å²) in [7, 11) is 0. The van der Waals surface area contributed by atoms with Crippen molar-refractivity contribution in [1.82, 2.24) is 9.97 Å². The molecule has 3 N–H and O–H groups in total. The molecule has 18 heavy (non-hydrogen) atoms. The summed E-state index contributed by atoms with van der Waals surface area (Å²) in [5.41, 5.74) is -0.252. The van der Waals surface area contributed by atoms with Crippen molar-refractivity contribution in [2.75, 3.05) is 10.2 Å². The van der Waals surface area contributed by atoms with Crippen LogP contribution in [0.25, 0.3) is 0 Å². The van der Waals surface area contributed by atoms with Gasteiger partial charge in [0.2, 0.25) is 17.8 Å². The topological polar surface area (TPSA) is 115 Å². The minimum absolute atomic E-state index is 0.0254. The second-order valence-electron chi connectivity index (χ2n) is 3.97. The maximum absolute atomic E-state index is 11.7. The molecule has 1 atom stereocenters. The number of amides is 2. The summed E-state index contributed by atoms with van der Waals surface area (Å²) in [6.45, 7) is 2.53. The number of rotatable bonds is 1. The van der Waals surface area contributed by atoms with Crippen molar-refractivity contribution >= 4 is 23.6 Å². The van der Waals surface area contributed by atoms with Gasteiger partial charge in [0.05, 0.1) is 5.56 Å². The summed E-state index contributed by atoms with van der Waals surface area (Å²) >= 11 is 0. The van der Waals surface area contributed by atoms with Gasteiger partial charge in [-0.1, -0.05) is 0 Å². The number of aromatic nitrogens is 2. The molecule has 1 aromatic rings. The smallest absolute Gasteiger partial charge is 0.257 e. The van der Waals surface area contributed by atoms with Gasteiger partial charge in [0.15, 0.2) is 0 Å². The number of hydrogen-bond donors (Lipinski definition) is 3. The summed E-state index contributed by atoms with van der Waals surface area (Å²) in [5, 5.41) is 12.0. The number of nitrogens with zero attached hydrogens (tertiary/aromatic N) is 2. The van der Waals surface area contributed by atoms with Crippen molar-refractivity contribution in [3.05, 3.63) is 15.9 Å². The first kappa shape index (κ1) is 12.2. The third kappa shape index (κ3) is 1.97. The number of carbonyl (C=O) groups is 2. The Bertz CT molecular complexity index is 580. The fourth-order valence-corrected chi connectivity index (χ4v) is 1.87. The first-order chi connectivity index (χ1) is 8.40. The van der Waals surface area contributed by atoms with Crippen LogP contribution in [-0.2, 0) is 16.0 Å². The molecule has 0 radical (unpaired) electrons. The van der Waals surface area contributed by atoms with Crippen LogP contribution in [0.1, 0.15) is 19.4 Å². The molecule has 1 aliphatic rings. The largest absolute Gasteiger partial charge is 0.373 e. The van der Waals surface area contributed by atoms with Crippen LogP contribution in [0.2, 0.25) is 0 Å². The van der Waals surface area contributed by atoms with E-state index in [9.17, 15) is 19.5 Å². The van der Waals surface area contributed by atoms with E-state index in [0.717, 1.165) is 4.90 Å². The highest BCUT2D eigenvalue weighted by molar-refractivity contribution is 5.93. The van der Waals surface area contributed by atoms with E-state index in [1.54, 1.807) is 0 Å². The molecule has 1 aliphatic heterocycles. The molecule has 1 aromatic heterocycles. The zero-order chi connectivity index (χ0) is 13.4. The zero-order valence-electron chi connectivity index (χ0n) is 9.85. The molecule has 2 amide bonds. The van der Waals surface area contributed by atoms with Crippen molar-refractivity contribution in [3.63, 3.8) is 0 Å². The minimum Gasteiger partial charge on any atom is -0.373 e. The molecule has 96 valence electrons. The van der Waals surface area contributed by atoms with Crippen LogP contribution < -0.4 is 15.8 Å². The maximum Gasteiger partial charge on any atom is 0.257 e. The number of carbonyl (C=O) groups excluding carboxylic acids is 2. The van der Waals surface area contributed by atoms with E-state index in [2.05, 4.69) is 15.3 Å². The maximum atomic E-state index is 11.7. The monoisotopic (exact) mass is 252 g/mol. The Kier molecular flexibility index (Phi) is 2.87. The summed E-state index contributed by atoms with van der Waals surface area (Å²) in [6, 6.07) is 0. The molecule has 2 rings (SSSR count). The van der Waals surface area contributed by atoms with Crippen LogP contribution in [0, 0.1) is 0 Å². The van der Waals surface area contributed by atoms with Crippen molar-refractivity contribution in [2.45, 2.75) is 26.5 Å². The number of anilines is 2. The number of aliphatic hydroxyl groups is 1. The molecule has 8 nitrogen and oxygen atoms in total. The van der Waals surface area contributed by atoms with Crippen LogP contribution >= 0.6 is 0 Å². The van der Waals surface area contributed by atoms with Gasteiger partial charge in [-0.25, -0.2) is 0 Å². The van der Waals surface area contributed by atoms with E-state index in [4.69, 9.17) is 0 Å². The molecule has 0 aliphatic carbocycles. The normalized spacial score (nSPS) is 17.5. The fourth-order valence-electron chi connectivity index (χ4n) is 1.87. The molecular weight excluding hydrogens is 240 g/mol. The van der Waals surface area contributed by atoms with Crippen LogP contribution in [0.3, 0.4) is 0 Å². The first-order valence-electron chi connectivity index (χ1n) is 5.28. The summed E-state index contributed by atoms with van der Waals surface area (Å²) in [5.74, 6) is -0.784. The Labute approximate surface area is 102 Å². The highest BCUT2D eigenvalue weighted by atomic mass is 16.3. The van der Waals surface area contributed by atoms with Crippen LogP contribution in [-0.4, -0.2) is 33.1 Å². The molecule has 8 heteroatoms. The van der Waals surface area contributed by atoms with E-state index in [1.165, 1.54) is 13.8 Å². The average molecular weight is 252 g/mol. The highest BCUT2D eigenvalue weighted by Gasteiger charge is 2.34. The molecule has 1 unspecified atom stereocenters. The van der Waals surface area contributed by atoms with Crippen molar-refractivity contribution in [3.8, 4) is 0 Å². The Morgan fingerprint density at radius 1 is 1.50 bits per heavy atom. The molecule has 0 aromatic carbocycles. The van der Waals surface area contributed by atoms with Gasteiger partial charge < -0.3 is 5.11 Å². The van der Waals surface area contributed by atoms with Gasteiger partial charge in [-0.15, -0.1) is 0 Å². The van der Waals surface area contributed by atoms with Crippen LogP contribution in [0.15, 0.2) is 4.79 Å². The summed E-state index contributed by atoms with van der Waals surface area (Å²) in [4.78, 5) is 41.4. The molecule has 0 bridgehead atoms. The summed E-state index contributed by atoms with van der Waals surface area (Å²) < 4.78 is 0. The van der Waals surface area contributed by atoms with Gasteiger partial charge in [0.1, 0.15) is 12.0 Å². The van der Waals surface area contributed by atoms with E-state index in [1.807, 2.05) is 0 Å². The Hall–Kier alpha value is -2.22. The van der Waals surface area contributed by atoms with Crippen molar-refractivity contribution < 1.29 is 14.7 Å². The third-order valence-electron chi connectivity index (χ3n) is 2.54. The van der Waals surface area contributed by atoms with Gasteiger partial charge >= 0.3 is 0 Å². The van der Waals surface area contributed by atoms with Gasteiger partial charge in [-0.3, -0.25) is 29.6 Å². The SMILES string of the molecule is CC(=O)Nc1nc2c(c(=O)[nH]1)CC(O)N2C(C)=O. The Morgan fingerprint density at radius 3 is 2.72 bits per heavy atom. The predicted octanol–water partition coefficient (Wildman–Crippen LogP) is -1.04. The third-order valence-corrected chi connectivity index (χ3v) is 2.54. The standard InChI is InChI=1S/C10H12N4O4/c1-4(15)11-10-12-8-6(9(18)13-10)3-7(17)14(8)5(2)16/h7,17H,3H2,1-2H3,(H2,11,12,13,15,18). The van der Waals surface area contributed by atoms with E-state index < -0.39 is 23.6 Å². The molecule has 0 saturated heterocycles. The van der Waals surface area contributed by atoms with E-state index in [0.29, 0.717) is 0 Å². The Balaban J connectivity index is 2.52. The van der Waals surface area contributed by atoms with Crippen LogP contribution in [0.4, 0.5) is 11.8 Å². The Morgan fingerprint density at radius 2 is 2.17 bits per heavy atom. The lowest BCUT2D eigenvalue weighted by molar-refractivity contribution is -0.118. The molecule has 0 fully saturated rings. The molecule has 2 heterocycles. The average Bonchev–Trinajstić information content (AvgIpc) is 2.53. The van der Waals surface area contributed by atoms with Crippen LogP contribution in [0.5, 0.6) is 0 Å². The quantitative estimate of drug-likeness (QED) is 0.590. The zero-order valence-corrected chi connectivity index (χ0v) is 9.85. The summed E-state index contributed by atoms with van der Waals surface area (Å²) in [6.07, 6.45) is -1.07. The number of aliphatic hydroxyl groups excluding tert-OH is 1. The number of H-pyrrole nitrogens is 1. The van der Waals surface area contributed by atoms with E-state index >= 15 is 0 Å². The van der Waals surface area contributed by atoms with Crippen molar-refractivity contribution in [1.29, 1.82) is 0 Å². The number of nitrogens with one attached hydrogen (secondary N) is 2. The fraction of sp³-hybridized carbons (Fsp3) is 0.400. The molecule has 0 spiro atoms. The molecular formula is C10H12N4O4. The second-order valence-corrected chi connectivity index (χ2v) is 3.97. The van der Waals surface area contributed by atoms with Gasteiger partial charge in [0, 0.05) is 20.3 Å². The van der Waals surface area contributed by atoms with E-state index in [-0.39, 0.29) is 23.8 Å². The number of aromatic amines is 1. The van der Waals surface area contributed by atoms with Gasteiger partial charge in [0.25, 0.3) is 5.56 Å². The van der Waals surface area contributed by atoms with Gasteiger partial charge in [-0.05, 0) is 0 Å². The predicted molar refractivity (Wildman–Crippen MR) is 62.0 cm³/mol. The first-order valence-corrected chi connectivity index (χ1v) is 5.28. The number of fused-ring (bicyclic) bond motifs is 1. The lowest BCUT2D eigenvalue weighted by Gasteiger charge is -2.18. The van der Waals surface area contributed by atoms with Crippen molar-refractivity contribution in [2.24, 2.45) is 0 Å². The lowest BCUT2D eigenvalue weighted by Crippen LogP contribution is -2.36. The lowest BCUT2D eigenvalue weighted by atomic mass is 10.2. The number of hydrogen-bond acceptors (Lipinski definition) is 5.